The van der Waals surface area contributed by atoms with E-state index in [0.29, 0.717) is 24.3 Å². The Morgan fingerprint density at radius 2 is 1.67 bits per heavy atom. The van der Waals surface area contributed by atoms with Crippen LogP contribution in [0.1, 0.15) is 84.8 Å². The molecule has 0 radical (unpaired) electrons. The molecule has 4 unspecified atom stereocenters. The lowest BCUT2D eigenvalue weighted by Gasteiger charge is -2.41. The second-order valence-corrected chi connectivity index (χ2v) is 11.3. The molecule has 2 fully saturated rings. The maximum atomic E-state index is 13.5. The van der Waals surface area contributed by atoms with E-state index in [9.17, 15) is 9.59 Å². The van der Waals surface area contributed by atoms with Gasteiger partial charge < -0.3 is 10.2 Å². The molecule has 3 rings (SSSR count). The van der Waals surface area contributed by atoms with Crippen LogP contribution in [-0.2, 0) is 15.0 Å². The Morgan fingerprint density at radius 3 is 2.20 bits per heavy atom. The second-order valence-electron chi connectivity index (χ2n) is 11.3. The molecule has 1 aromatic carbocycles. The van der Waals surface area contributed by atoms with E-state index in [1.807, 2.05) is 4.90 Å². The van der Waals surface area contributed by atoms with Crippen molar-refractivity contribution >= 4 is 11.8 Å². The molecule has 4 atom stereocenters. The van der Waals surface area contributed by atoms with E-state index in [1.165, 1.54) is 11.1 Å². The van der Waals surface area contributed by atoms with Crippen molar-refractivity contribution in [2.24, 2.45) is 17.8 Å². The first kappa shape index (κ1) is 22.8. The van der Waals surface area contributed by atoms with Gasteiger partial charge in [0.2, 0.25) is 11.8 Å². The van der Waals surface area contributed by atoms with Crippen LogP contribution in [0.25, 0.3) is 0 Å². The molecule has 2 amide bonds. The molecule has 2 aliphatic rings. The molecule has 1 heterocycles. The molecule has 4 heteroatoms. The third-order valence-electron chi connectivity index (χ3n) is 6.49. The number of carbonyl (C=O) groups excluding carboxylic acids is 2. The Morgan fingerprint density at radius 1 is 1.07 bits per heavy atom. The Hall–Kier alpha value is -1.84. The Kier molecular flexibility index (Phi) is 6.64. The molecule has 30 heavy (non-hydrogen) atoms. The van der Waals surface area contributed by atoms with Crippen molar-refractivity contribution in [1.82, 2.24) is 10.2 Å². The summed E-state index contributed by atoms with van der Waals surface area (Å²) < 4.78 is 0. The molecule has 0 aromatic heterocycles. The van der Waals surface area contributed by atoms with Gasteiger partial charge >= 0.3 is 0 Å². The van der Waals surface area contributed by atoms with Crippen molar-refractivity contribution < 1.29 is 9.59 Å². The zero-order valence-electron chi connectivity index (χ0n) is 19.9. The fourth-order valence-electron chi connectivity index (χ4n) is 4.76. The van der Waals surface area contributed by atoms with E-state index in [4.69, 9.17) is 0 Å². The van der Waals surface area contributed by atoms with Crippen molar-refractivity contribution in [2.45, 2.75) is 91.1 Å². The van der Waals surface area contributed by atoms with Crippen molar-refractivity contribution in [1.29, 1.82) is 0 Å². The summed E-state index contributed by atoms with van der Waals surface area (Å²) in [5.41, 5.74) is 2.70. The maximum Gasteiger partial charge on any atom is 0.243 e. The van der Waals surface area contributed by atoms with Crippen molar-refractivity contribution in [3.05, 3.63) is 35.4 Å². The van der Waals surface area contributed by atoms with Gasteiger partial charge in [0.1, 0.15) is 6.04 Å². The van der Waals surface area contributed by atoms with Crippen LogP contribution in [0.3, 0.4) is 0 Å². The van der Waals surface area contributed by atoms with Gasteiger partial charge in [-0.3, -0.25) is 9.59 Å². The lowest BCUT2D eigenvalue weighted by molar-refractivity contribution is -0.146. The predicted octanol–water partition coefficient (Wildman–Crippen LogP) is 4.88. The quantitative estimate of drug-likeness (QED) is 0.724. The molecule has 1 saturated carbocycles. The van der Waals surface area contributed by atoms with Gasteiger partial charge in [0.15, 0.2) is 0 Å². The smallest absolute Gasteiger partial charge is 0.243 e. The average Bonchev–Trinajstić information content (AvgIpc) is 3.42. The summed E-state index contributed by atoms with van der Waals surface area (Å²) in [5, 5.41) is 3.18. The number of hydrogen-bond acceptors (Lipinski definition) is 2. The van der Waals surface area contributed by atoms with E-state index in [1.54, 1.807) is 0 Å². The van der Waals surface area contributed by atoms with Crippen LogP contribution in [0.2, 0.25) is 0 Å². The molecule has 1 aromatic rings. The number of nitrogens with one attached hydrogen (secondary N) is 1. The van der Waals surface area contributed by atoms with E-state index in [0.717, 1.165) is 19.3 Å². The molecule has 1 N–H and O–H groups in total. The molecule has 1 aliphatic heterocycles. The monoisotopic (exact) mass is 412 g/mol. The van der Waals surface area contributed by atoms with Crippen molar-refractivity contribution in [2.75, 3.05) is 6.54 Å². The van der Waals surface area contributed by atoms with Crippen LogP contribution in [0.5, 0.6) is 0 Å². The van der Waals surface area contributed by atoms with Gasteiger partial charge in [0.25, 0.3) is 0 Å². The number of nitrogens with zero attached hydrogens (tertiary/aromatic N) is 1. The highest BCUT2D eigenvalue weighted by atomic mass is 16.2. The lowest BCUT2D eigenvalue weighted by Crippen LogP contribution is -2.62. The van der Waals surface area contributed by atoms with Gasteiger partial charge in [-0.15, -0.1) is 0 Å². The summed E-state index contributed by atoms with van der Waals surface area (Å²) in [6, 6.07) is 8.51. The predicted molar refractivity (Wildman–Crippen MR) is 122 cm³/mol. The third kappa shape index (κ3) is 5.25. The van der Waals surface area contributed by atoms with Crippen LogP contribution in [-0.4, -0.2) is 35.3 Å². The van der Waals surface area contributed by atoms with Crippen molar-refractivity contribution in [3.8, 4) is 0 Å². The van der Waals surface area contributed by atoms with Crippen LogP contribution in [0.15, 0.2) is 24.3 Å². The van der Waals surface area contributed by atoms with Crippen LogP contribution >= 0.6 is 0 Å². The first-order valence-electron chi connectivity index (χ1n) is 11.7. The maximum absolute atomic E-state index is 13.5. The van der Waals surface area contributed by atoms with Gasteiger partial charge in [-0.2, -0.15) is 0 Å². The topological polar surface area (TPSA) is 49.4 Å². The summed E-state index contributed by atoms with van der Waals surface area (Å²) in [6.07, 6.45) is 2.53. The zero-order valence-corrected chi connectivity index (χ0v) is 19.9. The first-order valence-corrected chi connectivity index (χ1v) is 11.7. The minimum absolute atomic E-state index is 0.0192. The van der Waals surface area contributed by atoms with Crippen LogP contribution in [0.4, 0.5) is 0 Å². The van der Waals surface area contributed by atoms with Crippen molar-refractivity contribution in [3.63, 3.8) is 0 Å². The number of rotatable bonds is 6. The van der Waals surface area contributed by atoms with Gasteiger partial charge in [0, 0.05) is 18.5 Å². The molecule has 166 valence electrons. The lowest BCUT2D eigenvalue weighted by atomic mass is 9.86. The minimum atomic E-state index is -0.328. The highest BCUT2D eigenvalue weighted by Crippen LogP contribution is 2.49. The van der Waals surface area contributed by atoms with Gasteiger partial charge in [-0.25, -0.2) is 0 Å². The van der Waals surface area contributed by atoms with Crippen LogP contribution in [0, 0.1) is 17.8 Å². The molecular formula is C26H40N2O2. The number of benzene rings is 1. The summed E-state index contributed by atoms with van der Waals surface area (Å²) in [7, 11) is 0. The number of amides is 2. The number of piperazine rings is 1. The first-order chi connectivity index (χ1) is 14.0. The fraction of sp³-hybridized carbons (Fsp3) is 0.692. The van der Waals surface area contributed by atoms with E-state index in [-0.39, 0.29) is 35.2 Å². The average molecular weight is 413 g/mol. The van der Waals surface area contributed by atoms with E-state index in [2.05, 4.69) is 78.0 Å². The zero-order chi connectivity index (χ0) is 22.2. The fourth-order valence-corrected chi connectivity index (χ4v) is 4.76. The molecule has 1 aliphatic carbocycles. The highest BCUT2D eigenvalue weighted by Gasteiger charge is 2.49. The van der Waals surface area contributed by atoms with Gasteiger partial charge in [-0.05, 0) is 53.6 Å². The molecule has 0 bridgehead atoms. The Bertz CT molecular complexity index is 760. The molecular weight excluding hydrogens is 372 g/mol. The third-order valence-corrected chi connectivity index (χ3v) is 6.49. The number of carbonyl (C=O) groups is 2. The minimum Gasteiger partial charge on any atom is -0.350 e. The molecule has 1 saturated heterocycles. The SMILES string of the molecule is CC(C)CC1CN(C(=O)C2CC2c2ccc(C(C)(C)C)cc2)C(CC(C)C)C(=O)N1. The standard InChI is InChI=1S/C26H40N2O2/c1-16(2)12-20-15-28(23(13-17(3)4)24(29)27-20)25(30)22-14-21(22)18-8-10-19(11-9-18)26(5,6)7/h8-11,16-17,20-23H,12-15H2,1-7H3,(H,27,29). The Labute approximate surface area is 182 Å². The second kappa shape index (κ2) is 8.72. The largest absolute Gasteiger partial charge is 0.350 e. The molecule has 4 nitrogen and oxygen atoms in total. The van der Waals surface area contributed by atoms with Gasteiger partial charge in [-0.1, -0.05) is 72.7 Å². The van der Waals surface area contributed by atoms with Gasteiger partial charge in [0.05, 0.1) is 0 Å². The summed E-state index contributed by atoms with van der Waals surface area (Å²) >= 11 is 0. The van der Waals surface area contributed by atoms with E-state index >= 15 is 0 Å². The summed E-state index contributed by atoms with van der Waals surface area (Å²) in [4.78, 5) is 28.3. The van der Waals surface area contributed by atoms with Crippen LogP contribution < -0.4 is 5.32 Å². The summed E-state index contributed by atoms with van der Waals surface area (Å²) in [5.74, 6) is 1.38. The normalized spacial score (nSPS) is 26.8. The number of hydrogen-bond donors (Lipinski definition) is 1. The molecule has 0 spiro atoms. The highest BCUT2D eigenvalue weighted by molar-refractivity contribution is 5.91. The summed E-state index contributed by atoms with van der Waals surface area (Å²) in [6.45, 7) is 15.9. The van der Waals surface area contributed by atoms with E-state index < -0.39 is 0 Å². The Balaban J connectivity index is 1.73.